The summed E-state index contributed by atoms with van der Waals surface area (Å²) in [5.74, 6) is 2.94. The van der Waals surface area contributed by atoms with E-state index >= 15 is 0 Å². The van der Waals surface area contributed by atoms with Crippen LogP contribution in [0.2, 0.25) is 0 Å². The molecule has 3 atom stereocenters. The van der Waals surface area contributed by atoms with Gasteiger partial charge in [-0.1, -0.05) is 25.0 Å². The van der Waals surface area contributed by atoms with Crippen LogP contribution in [0.1, 0.15) is 57.3 Å². The van der Waals surface area contributed by atoms with E-state index in [4.69, 9.17) is 6.42 Å². The number of rotatable bonds is 4. The van der Waals surface area contributed by atoms with Gasteiger partial charge in [-0.15, -0.1) is 11.5 Å². The number of carbonyl (C=O) groups excluding carboxylic acids is 1. The molecule has 0 aliphatic carbocycles. The number of hydrogen-bond donors (Lipinski definition) is 1. The van der Waals surface area contributed by atoms with Crippen molar-refractivity contribution in [1.82, 2.24) is 25.2 Å². The summed E-state index contributed by atoms with van der Waals surface area (Å²) in [6.45, 7) is 5.84. The van der Waals surface area contributed by atoms with E-state index < -0.39 is 0 Å². The second-order valence-corrected chi connectivity index (χ2v) is 6.82. The van der Waals surface area contributed by atoms with Crippen LogP contribution in [0.15, 0.2) is 6.20 Å². The summed E-state index contributed by atoms with van der Waals surface area (Å²) >= 11 is 0. The Morgan fingerprint density at radius 3 is 2.91 bits per heavy atom. The first-order valence-electron chi connectivity index (χ1n) is 8.53. The largest absolute Gasteiger partial charge is 0.327 e. The van der Waals surface area contributed by atoms with Crippen molar-refractivity contribution in [2.24, 2.45) is 5.92 Å². The van der Waals surface area contributed by atoms with Gasteiger partial charge in [0.1, 0.15) is 6.04 Å². The Hall–Kier alpha value is -1.87. The molecule has 0 aromatic carbocycles. The lowest BCUT2D eigenvalue weighted by Crippen LogP contribution is -2.41. The molecule has 2 aliphatic rings. The fourth-order valence-electron chi connectivity index (χ4n) is 3.60. The van der Waals surface area contributed by atoms with Gasteiger partial charge in [0.15, 0.2) is 0 Å². The Bertz CT molecular complexity index is 596. The summed E-state index contributed by atoms with van der Waals surface area (Å²) in [6.07, 6.45) is 11.6. The van der Waals surface area contributed by atoms with Crippen LogP contribution < -0.4 is 5.32 Å². The highest BCUT2D eigenvalue weighted by Crippen LogP contribution is 2.27. The summed E-state index contributed by atoms with van der Waals surface area (Å²) in [4.78, 5) is 14.8. The van der Waals surface area contributed by atoms with Gasteiger partial charge in [0.05, 0.1) is 24.0 Å². The molecule has 1 aromatic heterocycles. The van der Waals surface area contributed by atoms with Crippen molar-refractivity contribution < 1.29 is 4.79 Å². The molecule has 2 saturated heterocycles. The summed E-state index contributed by atoms with van der Waals surface area (Å²) < 4.78 is 1.73. The van der Waals surface area contributed by atoms with Crippen LogP contribution in [-0.4, -0.2) is 44.9 Å². The molecule has 0 bridgehead atoms. The standard InChI is InChI=1S/C17H25N5O/c1-4-13-7-6-10-21(13)17(23)16(12(2)3)22-11-15(19-20-22)14-8-5-9-18-14/h1,11-14,16,18H,5-10H2,2-3H3/t13-,14+,16-/m1/s1. The first kappa shape index (κ1) is 16.0. The van der Waals surface area contributed by atoms with E-state index in [9.17, 15) is 4.79 Å². The monoisotopic (exact) mass is 315 g/mol. The molecule has 0 unspecified atom stereocenters. The van der Waals surface area contributed by atoms with Crippen molar-refractivity contribution in [2.75, 3.05) is 13.1 Å². The van der Waals surface area contributed by atoms with E-state index in [1.165, 1.54) is 0 Å². The molecule has 124 valence electrons. The Morgan fingerprint density at radius 2 is 2.26 bits per heavy atom. The zero-order valence-electron chi connectivity index (χ0n) is 13.9. The van der Waals surface area contributed by atoms with Crippen LogP contribution in [0.5, 0.6) is 0 Å². The van der Waals surface area contributed by atoms with E-state index in [1.807, 2.05) is 24.9 Å². The molecule has 2 fully saturated rings. The Labute approximate surface area is 137 Å². The lowest BCUT2D eigenvalue weighted by molar-refractivity contribution is -0.136. The van der Waals surface area contributed by atoms with Gasteiger partial charge in [0.2, 0.25) is 5.91 Å². The van der Waals surface area contributed by atoms with Crippen molar-refractivity contribution in [3.05, 3.63) is 11.9 Å². The SMILES string of the molecule is C#C[C@@H]1CCCN1C(=O)[C@@H](C(C)C)n1cc([C@@H]2CCCN2)nn1. The molecule has 0 radical (unpaired) electrons. The van der Waals surface area contributed by atoms with Gasteiger partial charge in [-0.25, -0.2) is 4.68 Å². The number of terminal acetylenes is 1. The van der Waals surface area contributed by atoms with E-state index in [-0.39, 0.29) is 30.0 Å². The first-order chi connectivity index (χ1) is 11.1. The highest BCUT2D eigenvalue weighted by atomic mass is 16.2. The van der Waals surface area contributed by atoms with Gasteiger partial charge in [0.25, 0.3) is 0 Å². The number of nitrogens with one attached hydrogen (secondary N) is 1. The molecule has 2 aliphatic heterocycles. The number of carbonyl (C=O) groups is 1. The summed E-state index contributed by atoms with van der Waals surface area (Å²) in [5, 5.41) is 12.0. The summed E-state index contributed by atoms with van der Waals surface area (Å²) in [5.41, 5.74) is 0.927. The third-order valence-electron chi connectivity index (χ3n) is 4.84. The zero-order valence-corrected chi connectivity index (χ0v) is 13.9. The van der Waals surface area contributed by atoms with Gasteiger partial charge in [-0.05, 0) is 38.1 Å². The fraction of sp³-hybridized carbons (Fsp3) is 0.706. The summed E-state index contributed by atoms with van der Waals surface area (Å²) in [7, 11) is 0. The molecule has 1 aromatic rings. The normalized spacial score (nSPS) is 25.7. The lowest BCUT2D eigenvalue weighted by Gasteiger charge is -2.28. The van der Waals surface area contributed by atoms with Crippen molar-refractivity contribution >= 4 is 5.91 Å². The quantitative estimate of drug-likeness (QED) is 0.856. The number of likely N-dealkylation sites (tertiary alicyclic amines) is 1. The smallest absolute Gasteiger partial charge is 0.248 e. The number of hydrogen-bond acceptors (Lipinski definition) is 4. The molecule has 23 heavy (non-hydrogen) atoms. The van der Waals surface area contributed by atoms with Crippen molar-refractivity contribution in [3.63, 3.8) is 0 Å². The predicted octanol–water partition coefficient (Wildman–Crippen LogP) is 1.52. The molecule has 3 rings (SSSR count). The van der Waals surface area contributed by atoms with Gasteiger partial charge in [0, 0.05) is 6.54 Å². The molecule has 6 heteroatoms. The zero-order chi connectivity index (χ0) is 16.4. The van der Waals surface area contributed by atoms with Gasteiger partial charge < -0.3 is 10.2 Å². The predicted molar refractivity (Wildman–Crippen MR) is 87.4 cm³/mol. The average molecular weight is 315 g/mol. The molecule has 3 heterocycles. The molecule has 1 amide bonds. The van der Waals surface area contributed by atoms with E-state index in [2.05, 4.69) is 21.5 Å². The molecule has 6 nitrogen and oxygen atoms in total. The van der Waals surface area contributed by atoms with Crippen LogP contribution in [0.3, 0.4) is 0 Å². The summed E-state index contributed by atoms with van der Waals surface area (Å²) in [6, 6.07) is -0.160. The maximum absolute atomic E-state index is 13.0. The van der Waals surface area contributed by atoms with Crippen LogP contribution in [-0.2, 0) is 4.79 Å². The lowest BCUT2D eigenvalue weighted by atomic mass is 10.0. The van der Waals surface area contributed by atoms with Crippen LogP contribution in [0.4, 0.5) is 0 Å². The van der Waals surface area contributed by atoms with Gasteiger partial charge >= 0.3 is 0 Å². The molecule has 0 spiro atoms. The maximum Gasteiger partial charge on any atom is 0.248 e. The molecular weight excluding hydrogens is 290 g/mol. The topological polar surface area (TPSA) is 63.1 Å². The highest BCUT2D eigenvalue weighted by Gasteiger charge is 2.35. The number of nitrogens with zero attached hydrogens (tertiary/aromatic N) is 4. The molecule has 0 saturated carbocycles. The molecule has 1 N–H and O–H groups in total. The third kappa shape index (κ3) is 3.11. The van der Waals surface area contributed by atoms with Crippen LogP contribution in [0, 0.1) is 18.3 Å². The van der Waals surface area contributed by atoms with E-state index in [1.54, 1.807) is 4.68 Å². The Kier molecular flexibility index (Phi) is 4.67. The Balaban J connectivity index is 1.81. The fourth-order valence-corrected chi connectivity index (χ4v) is 3.60. The maximum atomic E-state index is 13.0. The first-order valence-corrected chi connectivity index (χ1v) is 8.53. The minimum atomic E-state index is -0.341. The number of amides is 1. The van der Waals surface area contributed by atoms with Crippen molar-refractivity contribution in [2.45, 2.75) is 57.7 Å². The van der Waals surface area contributed by atoms with Crippen molar-refractivity contribution in [1.29, 1.82) is 0 Å². The Morgan fingerprint density at radius 1 is 1.43 bits per heavy atom. The average Bonchev–Trinajstić information content (AvgIpc) is 3.27. The van der Waals surface area contributed by atoms with Crippen molar-refractivity contribution in [3.8, 4) is 12.3 Å². The minimum absolute atomic E-state index is 0.0660. The molecular formula is C17H25N5O. The second-order valence-electron chi connectivity index (χ2n) is 6.82. The second kappa shape index (κ2) is 6.71. The van der Waals surface area contributed by atoms with Gasteiger partial charge in [-0.3, -0.25) is 4.79 Å². The number of aromatic nitrogens is 3. The van der Waals surface area contributed by atoms with Crippen LogP contribution in [0.25, 0.3) is 0 Å². The highest BCUT2D eigenvalue weighted by molar-refractivity contribution is 5.81. The third-order valence-corrected chi connectivity index (χ3v) is 4.84. The van der Waals surface area contributed by atoms with Crippen LogP contribution >= 0.6 is 0 Å². The minimum Gasteiger partial charge on any atom is -0.327 e. The van der Waals surface area contributed by atoms with Gasteiger partial charge in [-0.2, -0.15) is 0 Å². The van der Waals surface area contributed by atoms with E-state index in [0.717, 1.165) is 44.5 Å². The van der Waals surface area contributed by atoms with E-state index in [0.29, 0.717) is 0 Å².